The number of hydrogen-bond acceptors (Lipinski definition) is 2. The molecule has 152 valence electrons. The van der Waals surface area contributed by atoms with Gasteiger partial charge in [0, 0.05) is 16.3 Å². The number of furan rings is 1. The quantitative estimate of drug-likeness (QED) is 0.263. The van der Waals surface area contributed by atoms with E-state index in [-0.39, 0.29) is 5.41 Å². The molecule has 0 saturated heterocycles. The minimum absolute atomic E-state index is 0.0170. The highest BCUT2D eigenvalue weighted by molar-refractivity contribution is 6.11. The molecule has 3 heteroatoms. The highest BCUT2D eigenvalue weighted by atomic mass is 16.3. The van der Waals surface area contributed by atoms with Crippen molar-refractivity contribution in [2.24, 2.45) is 0 Å². The van der Waals surface area contributed by atoms with Gasteiger partial charge in [0.15, 0.2) is 0 Å². The van der Waals surface area contributed by atoms with E-state index in [1.165, 1.54) is 16.3 Å². The SMILES string of the molecule is [C-]#[N+]c1cc2c(-c3cc(C(C)(C)C)c4ccccc4c3)nc3cc(C)cc(C)c3c2o1. The third-order valence-electron chi connectivity index (χ3n) is 5.95. The van der Waals surface area contributed by atoms with E-state index in [1.54, 1.807) is 0 Å². The molecule has 5 aromatic rings. The molecule has 0 bridgehead atoms. The van der Waals surface area contributed by atoms with Gasteiger partial charge in [0.2, 0.25) is 0 Å². The molecular formula is C28H24N2O. The van der Waals surface area contributed by atoms with Gasteiger partial charge >= 0.3 is 5.88 Å². The molecule has 0 aliphatic carbocycles. The van der Waals surface area contributed by atoms with Gasteiger partial charge in [0.05, 0.1) is 17.8 Å². The maximum atomic E-state index is 7.48. The standard InChI is InChI=1S/C28H24N2O/c1-16-11-17(2)25-23(12-16)30-26(21-15-24(29-6)31-27(21)25)19-13-18-9-7-8-10-20(18)22(14-19)28(3,4)5/h7-15H,1-5H3. The average Bonchev–Trinajstić information content (AvgIpc) is 3.15. The van der Waals surface area contributed by atoms with E-state index in [0.29, 0.717) is 5.88 Å². The molecule has 0 aliphatic heterocycles. The van der Waals surface area contributed by atoms with Gasteiger partial charge in [-0.2, -0.15) is 4.85 Å². The van der Waals surface area contributed by atoms with Gasteiger partial charge in [-0.15, -0.1) is 0 Å². The maximum absolute atomic E-state index is 7.48. The van der Waals surface area contributed by atoms with Gasteiger partial charge in [-0.05, 0) is 71.0 Å². The first-order valence-corrected chi connectivity index (χ1v) is 10.5. The summed E-state index contributed by atoms with van der Waals surface area (Å²) in [5, 5.41) is 4.32. The predicted octanol–water partition coefficient (Wildman–Crippen LogP) is 8.27. The zero-order chi connectivity index (χ0) is 21.9. The molecule has 0 atom stereocenters. The second-order valence-corrected chi connectivity index (χ2v) is 9.37. The number of hydrogen-bond donors (Lipinski definition) is 0. The Hall–Kier alpha value is -3.64. The molecule has 0 spiro atoms. The van der Waals surface area contributed by atoms with Crippen molar-refractivity contribution in [3.05, 3.63) is 82.7 Å². The van der Waals surface area contributed by atoms with Crippen molar-refractivity contribution >= 4 is 38.5 Å². The van der Waals surface area contributed by atoms with Crippen LogP contribution in [0.25, 0.3) is 48.7 Å². The van der Waals surface area contributed by atoms with Gasteiger partial charge in [-0.3, -0.25) is 0 Å². The minimum atomic E-state index is -0.0170. The molecule has 0 unspecified atom stereocenters. The van der Waals surface area contributed by atoms with Crippen molar-refractivity contribution in [1.82, 2.24) is 4.98 Å². The summed E-state index contributed by atoms with van der Waals surface area (Å²) in [6, 6.07) is 19.0. The van der Waals surface area contributed by atoms with Crippen LogP contribution in [0, 0.1) is 20.4 Å². The molecule has 2 aromatic heterocycles. The number of benzene rings is 3. The van der Waals surface area contributed by atoms with Crippen LogP contribution in [0.5, 0.6) is 0 Å². The zero-order valence-corrected chi connectivity index (χ0v) is 18.5. The Morgan fingerprint density at radius 2 is 1.71 bits per heavy atom. The van der Waals surface area contributed by atoms with Gasteiger partial charge in [0.1, 0.15) is 5.58 Å². The highest BCUT2D eigenvalue weighted by Gasteiger charge is 2.21. The molecule has 0 aliphatic rings. The fraction of sp³-hybridized carbons (Fsp3) is 0.214. The fourth-order valence-electron chi connectivity index (χ4n) is 4.59. The number of fused-ring (bicyclic) bond motifs is 4. The second-order valence-electron chi connectivity index (χ2n) is 9.37. The van der Waals surface area contributed by atoms with Gasteiger partial charge in [-0.1, -0.05) is 51.1 Å². The van der Waals surface area contributed by atoms with Crippen molar-refractivity contribution < 1.29 is 4.42 Å². The van der Waals surface area contributed by atoms with Crippen LogP contribution in [0.15, 0.2) is 59.0 Å². The summed E-state index contributed by atoms with van der Waals surface area (Å²) in [4.78, 5) is 8.67. The molecule has 3 nitrogen and oxygen atoms in total. The topological polar surface area (TPSA) is 30.4 Å². The monoisotopic (exact) mass is 404 g/mol. The average molecular weight is 405 g/mol. The molecule has 0 amide bonds. The summed E-state index contributed by atoms with van der Waals surface area (Å²) in [6.07, 6.45) is 0. The third kappa shape index (κ3) is 3.07. The Kier molecular flexibility index (Phi) is 4.17. The van der Waals surface area contributed by atoms with Crippen molar-refractivity contribution in [2.75, 3.05) is 0 Å². The molecule has 0 N–H and O–H groups in total. The van der Waals surface area contributed by atoms with Crippen LogP contribution in [0.1, 0.15) is 37.5 Å². The lowest BCUT2D eigenvalue weighted by Gasteiger charge is -2.23. The number of pyridine rings is 1. The van der Waals surface area contributed by atoms with Crippen LogP contribution in [0.3, 0.4) is 0 Å². The predicted molar refractivity (Wildman–Crippen MR) is 129 cm³/mol. The molecule has 0 radical (unpaired) electrons. The summed E-state index contributed by atoms with van der Waals surface area (Å²) in [5.74, 6) is 0.294. The molecule has 2 heterocycles. The summed E-state index contributed by atoms with van der Waals surface area (Å²) >= 11 is 0. The first-order valence-electron chi connectivity index (χ1n) is 10.5. The number of rotatable bonds is 1. The Labute approximate surface area is 182 Å². The molecular weight excluding hydrogens is 380 g/mol. The van der Waals surface area contributed by atoms with Gasteiger partial charge < -0.3 is 4.42 Å². The van der Waals surface area contributed by atoms with E-state index in [1.807, 2.05) is 6.07 Å². The first-order chi connectivity index (χ1) is 14.8. The minimum Gasteiger partial charge on any atom is -0.479 e. The van der Waals surface area contributed by atoms with Crippen LogP contribution in [-0.2, 0) is 5.41 Å². The lowest BCUT2D eigenvalue weighted by atomic mass is 9.82. The van der Waals surface area contributed by atoms with E-state index in [9.17, 15) is 0 Å². The van der Waals surface area contributed by atoms with E-state index in [0.717, 1.165) is 44.3 Å². The number of aromatic nitrogens is 1. The summed E-state index contributed by atoms with van der Waals surface area (Å²) < 4.78 is 6.00. The van der Waals surface area contributed by atoms with E-state index in [2.05, 4.69) is 88.0 Å². The van der Waals surface area contributed by atoms with E-state index < -0.39 is 0 Å². The number of nitrogens with zero attached hydrogens (tertiary/aromatic N) is 2. The van der Waals surface area contributed by atoms with Crippen molar-refractivity contribution in [1.29, 1.82) is 0 Å². The van der Waals surface area contributed by atoms with Crippen LogP contribution in [0.4, 0.5) is 5.88 Å². The van der Waals surface area contributed by atoms with Crippen molar-refractivity contribution in [3.63, 3.8) is 0 Å². The normalized spacial score (nSPS) is 12.0. The summed E-state index contributed by atoms with van der Waals surface area (Å²) in [6.45, 7) is 18.4. The molecule has 3 aromatic carbocycles. The molecule has 5 rings (SSSR count). The third-order valence-corrected chi connectivity index (χ3v) is 5.95. The van der Waals surface area contributed by atoms with Crippen LogP contribution < -0.4 is 0 Å². The molecule has 0 fully saturated rings. The smallest absolute Gasteiger partial charge is 0.346 e. The van der Waals surface area contributed by atoms with Gasteiger partial charge in [-0.25, -0.2) is 4.98 Å². The fourth-order valence-corrected chi connectivity index (χ4v) is 4.59. The summed E-state index contributed by atoms with van der Waals surface area (Å²) in [5.41, 5.74) is 7.09. The largest absolute Gasteiger partial charge is 0.479 e. The van der Waals surface area contributed by atoms with Crippen LogP contribution in [0.2, 0.25) is 0 Å². The van der Waals surface area contributed by atoms with Crippen molar-refractivity contribution in [2.45, 2.75) is 40.0 Å². The van der Waals surface area contributed by atoms with Crippen LogP contribution in [-0.4, -0.2) is 4.98 Å². The highest BCUT2D eigenvalue weighted by Crippen LogP contribution is 2.41. The Balaban J connectivity index is 1.94. The summed E-state index contributed by atoms with van der Waals surface area (Å²) in [7, 11) is 0. The van der Waals surface area contributed by atoms with E-state index >= 15 is 0 Å². The number of aryl methyl sites for hydroxylation is 2. The van der Waals surface area contributed by atoms with E-state index in [4.69, 9.17) is 16.0 Å². The first kappa shape index (κ1) is 19.3. The van der Waals surface area contributed by atoms with Gasteiger partial charge in [0.25, 0.3) is 0 Å². The Morgan fingerprint density at radius 1 is 0.935 bits per heavy atom. The zero-order valence-electron chi connectivity index (χ0n) is 18.5. The lowest BCUT2D eigenvalue weighted by molar-refractivity contribution is 0.596. The molecule has 31 heavy (non-hydrogen) atoms. The second kappa shape index (κ2) is 6.68. The maximum Gasteiger partial charge on any atom is 0.346 e. The Bertz CT molecular complexity index is 1540. The van der Waals surface area contributed by atoms with Crippen molar-refractivity contribution in [3.8, 4) is 11.3 Å². The van der Waals surface area contributed by atoms with Crippen LogP contribution >= 0.6 is 0 Å². The lowest BCUT2D eigenvalue weighted by Crippen LogP contribution is -2.12. The molecule has 0 saturated carbocycles. The Morgan fingerprint density at radius 3 is 2.45 bits per heavy atom.